The van der Waals surface area contributed by atoms with E-state index in [1.54, 1.807) is 24.3 Å². The Morgan fingerprint density at radius 2 is 1.93 bits per heavy atom. The molecule has 0 saturated heterocycles. The lowest BCUT2D eigenvalue weighted by molar-refractivity contribution is -0.141. The van der Waals surface area contributed by atoms with Gasteiger partial charge in [0.2, 0.25) is 0 Å². The number of ether oxygens (including phenoxy) is 1. The molecule has 0 radical (unpaired) electrons. The van der Waals surface area contributed by atoms with E-state index in [2.05, 4.69) is 15.1 Å². The van der Waals surface area contributed by atoms with E-state index < -0.39 is 12.7 Å². The molecule has 3 heterocycles. The molecule has 1 aliphatic heterocycles. The van der Waals surface area contributed by atoms with Gasteiger partial charge in [-0.05, 0) is 36.3 Å². The van der Waals surface area contributed by atoms with Crippen LogP contribution < -0.4 is 5.73 Å². The highest BCUT2D eigenvalue weighted by Gasteiger charge is 2.30. The normalized spacial score (nSPS) is 15.1. The smallest absolute Gasteiger partial charge is 0.399 e. The fourth-order valence-electron chi connectivity index (χ4n) is 2.99. The van der Waals surface area contributed by atoms with Crippen molar-refractivity contribution in [3.8, 4) is 11.4 Å². The second-order valence-corrected chi connectivity index (χ2v) is 6.23. The molecule has 9 heteroatoms. The van der Waals surface area contributed by atoms with Gasteiger partial charge in [-0.1, -0.05) is 6.08 Å². The minimum Gasteiger partial charge on any atom is -0.399 e. The molecule has 2 aromatic heterocycles. The fourth-order valence-corrected chi connectivity index (χ4v) is 2.99. The Morgan fingerprint density at radius 3 is 2.59 bits per heavy atom. The molecule has 0 saturated carbocycles. The second-order valence-electron chi connectivity index (χ2n) is 6.23. The van der Waals surface area contributed by atoms with Crippen LogP contribution in [0.4, 0.5) is 18.9 Å². The van der Waals surface area contributed by atoms with Crippen LogP contribution in [0, 0.1) is 0 Å². The van der Waals surface area contributed by atoms with Crippen LogP contribution >= 0.6 is 0 Å². The van der Waals surface area contributed by atoms with Crippen molar-refractivity contribution in [2.24, 2.45) is 0 Å². The summed E-state index contributed by atoms with van der Waals surface area (Å²) in [5.74, 6) is 0.328. The molecule has 2 N–H and O–H groups in total. The van der Waals surface area contributed by atoms with Crippen LogP contribution in [0.1, 0.15) is 12.1 Å². The highest BCUT2D eigenvalue weighted by atomic mass is 19.4. The standard InChI is InChI=1S/C18H16F3N5O/c19-18(20,21)10-26-17-14(9-23-26)15(11-5-7-27-8-6-11)24-16(25-17)12-1-3-13(22)4-2-12/h1-5,9H,6-8,10,22H2. The van der Waals surface area contributed by atoms with Crippen LogP contribution in [0.15, 0.2) is 36.5 Å². The largest absolute Gasteiger partial charge is 0.408 e. The molecule has 0 bridgehead atoms. The number of fused-ring (bicyclic) bond motifs is 1. The van der Waals surface area contributed by atoms with Gasteiger partial charge in [-0.15, -0.1) is 0 Å². The number of hydrogen-bond acceptors (Lipinski definition) is 5. The molecule has 0 atom stereocenters. The van der Waals surface area contributed by atoms with E-state index in [9.17, 15) is 13.2 Å². The van der Waals surface area contributed by atoms with Crippen LogP contribution in [0.3, 0.4) is 0 Å². The van der Waals surface area contributed by atoms with Crippen LogP contribution in [0.5, 0.6) is 0 Å². The Labute approximate surface area is 152 Å². The number of rotatable bonds is 3. The predicted molar refractivity (Wildman–Crippen MR) is 94.6 cm³/mol. The quantitative estimate of drug-likeness (QED) is 0.710. The maximum Gasteiger partial charge on any atom is 0.408 e. The Kier molecular flexibility index (Phi) is 4.31. The van der Waals surface area contributed by atoms with Gasteiger partial charge >= 0.3 is 6.18 Å². The lowest BCUT2D eigenvalue weighted by Crippen LogP contribution is -2.19. The first-order valence-electron chi connectivity index (χ1n) is 8.34. The number of alkyl halides is 3. The number of anilines is 1. The lowest BCUT2D eigenvalue weighted by Gasteiger charge is -2.15. The van der Waals surface area contributed by atoms with E-state index in [1.807, 2.05) is 6.08 Å². The molecule has 1 aliphatic rings. The zero-order chi connectivity index (χ0) is 19.0. The molecule has 0 unspecified atom stereocenters. The van der Waals surface area contributed by atoms with E-state index >= 15 is 0 Å². The summed E-state index contributed by atoms with van der Waals surface area (Å²) in [6, 6.07) is 6.87. The number of hydrogen-bond donors (Lipinski definition) is 1. The van der Waals surface area contributed by atoms with Crippen LogP contribution in [-0.4, -0.2) is 39.1 Å². The number of halogens is 3. The summed E-state index contributed by atoms with van der Waals surface area (Å²) >= 11 is 0. The third kappa shape index (κ3) is 3.63. The van der Waals surface area contributed by atoms with Crippen molar-refractivity contribution in [2.75, 3.05) is 18.9 Å². The summed E-state index contributed by atoms with van der Waals surface area (Å²) in [5, 5.41) is 4.39. The number of nitrogens with zero attached hydrogens (tertiary/aromatic N) is 4. The Balaban J connectivity index is 1.91. The average molecular weight is 375 g/mol. The summed E-state index contributed by atoms with van der Waals surface area (Å²) in [6.07, 6.45) is -0.500. The van der Waals surface area contributed by atoms with Gasteiger partial charge in [-0.3, -0.25) is 0 Å². The summed E-state index contributed by atoms with van der Waals surface area (Å²) in [5.41, 5.74) is 8.61. The zero-order valence-corrected chi connectivity index (χ0v) is 14.2. The van der Waals surface area contributed by atoms with Gasteiger partial charge in [0.25, 0.3) is 0 Å². The predicted octanol–water partition coefficient (Wildman–Crippen LogP) is 3.44. The number of aromatic nitrogens is 4. The van der Waals surface area contributed by atoms with Crippen LogP contribution in [-0.2, 0) is 11.3 Å². The molecule has 0 aliphatic carbocycles. The van der Waals surface area contributed by atoms with Gasteiger partial charge in [0.05, 0.1) is 30.5 Å². The van der Waals surface area contributed by atoms with E-state index in [0.29, 0.717) is 47.8 Å². The minimum atomic E-state index is -4.40. The van der Waals surface area contributed by atoms with Crippen LogP contribution in [0.2, 0.25) is 0 Å². The third-order valence-electron chi connectivity index (χ3n) is 4.26. The van der Waals surface area contributed by atoms with Crippen LogP contribution in [0.25, 0.3) is 28.0 Å². The molecule has 0 amide bonds. The SMILES string of the molecule is Nc1ccc(-c2nc(C3=CCOCC3)c3cnn(CC(F)(F)F)c3n2)cc1. The molecule has 27 heavy (non-hydrogen) atoms. The topological polar surface area (TPSA) is 78.9 Å². The summed E-state index contributed by atoms with van der Waals surface area (Å²) in [7, 11) is 0. The van der Waals surface area contributed by atoms with Gasteiger partial charge in [-0.2, -0.15) is 18.3 Å². The Morgan fingerprint density at radius 1 is 1.15 bits per heavy atom. The monoisotopic (exact) mass is 375 g/mol. The average Bonchev–Trinajstić information content (AvgIpc) is 3.03. The molecule has 4 rings (SSSR count). The van der Waals surface area contributed by atoms with Crippen molar-refractivity contribution < 1.29 is 17.9 Å². The summed E-state index contributed by atoms with van der Waals surface area (Å²) in [4.78, 5) is 8.99. The molecular weight excluding hydrogens is 359 g/mol. The van der Waals surface area contributed by atoms with Gasteiger partial charge in [-0.25, -0.2) is 14.6 Å². The first kappa shape index (κ1) is 17.5. The van der Waals surface area contributed by atoms with Crippen molar-refractivity contribution in [1.29, 1.82) is 0 Å². The maximum atomic E-state index is 12.9. The molecule has 3 aromatic rings. The first-order valence-corrected chi connectivity index (χ1v) is 8.34. The number of benzene rings is 1. The molecular formula is C18H16F3N5O. The number of nitrogen functional groups attached to an aromatic ring is 1. The van der Waals surface area contributed by atoms with Crippen molar-refractivity contribution in [2.45, 2.75) is 19.1 Å². The van der Waals surface area contributed by atoms with Crippen molar-refractivity contribution in [3.63, 3.8) is 0 Å². The van der Waals surface area contributed by atoms with Crippen molar-refractivity contribution in [1.82, 2.24) is 19.7 Å². The zero-order valence-electron chi connectivity index (χ0n) is 14.2. The van der Waals surface area contributed by atoms with E-state index in [1.165, 1.54) is 6.20 Å². The second kappa shape index (κ2) is 6.66. The lowest BCUT2D eigenvalue weighted by atomic mass is 10.0. The molecule has 1 aromatic carbocycles. The summed E-state index contributed by atoms with van der Waals surface area (Å²) < 4.78 is 45.0. The molecule has 140 valence electrons. The van der Waals surface area contributed by atoms with E-state index in [-0.39, 0.29) is 5.65 Å². The van der Waals surface area contributed by atoms with E-state index in [4.69, 9.17) is 10.5 Å². The maximum absolute atomic E-state index is 12.9. The summed E-state index contributed by atoms with van der Waals surface area (Å²) in [6.45, 7) is -0.240. The Bertz CT molecular complexity index is 1010. The third-order valence-corrected chi connectivity index (χ3v) is 4.26. The molecule has 0 spiro atoms. The Hall–Kier alpha value is -2.94. The highest BCUT2D eigenvalue weighted by molar-refractivity contribution is 5.89. The molecule has 0 fully saturated rings. The van der Waals surface area contributed by atoms with Gasteiger partial charge in [0.1, 0.15) is 6.54 Å². The highest BCUT2D eigenvalue weighted by Crippen LogP contribution is 2.30. The van der Waals surface area contributed by atoms with E-state index in [0.717, 1.165) is 10.3 Å². The van der Waals surface area contributed by atoms with Gasteiger partial charge < -0.3 is 10.5 Å². The molecule has 6 nitrogen and oxygen atoms in total. The first-order chi connectivity index (χ1) is 12.9. The van der Waals surface area contributed by atoms with Gasteiger partial charge in [0.15, 0.2) is 11.5 Å². The fraction of sp³-hybridized carbons (Fsp3) is 0.278. The van der Waals surface area contributed by atoms with Gasteiger partial charge in [0, 0.05) is 11.3 Å². The van der Waals surface area contributed by atoms with Crippen molar-refractivity contribution in [3.05, 3.63) is 42.2 Å². The van der Waals surface area contributed by atoms with Crippen molar-refractivity contribution >= 4 is 22.3 Å². The number of nitrogens with two attached hydrogens (primary N) is 1. The minimum absolute atomic E-state index is 0.150.